The minimum atomic E-state index is -3.42. The highest BCUT2D eigenvalue weighted by Crippen LogP contribution is 2.15. The second-order valence-electron chi connectivity index (χ2n) is 3.94. The third kappa shape index (κ3) is 3.53. The number of allylic oxidation sites excluding steroid dienone is 1. The molecule has 0 saturated heterocycles. The van der Waals surface area contributed by atoms with Gasteiger partial charge in [-0.15, -0.1) is 0 Å². The molecule has 0 radical (unpaired) electrons. The average Bonchev–Trinajstić information content (AvgIpc) is 2.26. The fourth-order valence-electron chi connectivity index (χ4n) is 1.42. The van der Waals surface area contributed by atoms with Crippen LogP contribution in [0.25, 0.3) is 0 Å². The second-order valence-corrected chi connectivity index (χ2v) is 5.93. The van der Waals surface area contributed by atoms with Gasteiger partial charge in [0, 0.05) is 5.57 Å². The van der Waals surface area contributed by atoms with E-state index in [-0.39, 0.29) is 16.4 Å². The van der Waals surface area contributed by atoms with Crippen LogP contribution in [-0.2, 0) is 14.6 Å². The largest absolute Gasteiger partial charge is 0.295 e. The molecule has 0 amide bonds. The minimum Gasteiger partial charge on any atom is -0.295 e. The summed E-state index contributed by atoms with van der Waals surface area (Å²) >= 11 is 0. The lowest BCUT2D eigenvalue weighted by Crippen LogP contribution is -2.13. The number of carbonyl (C=O) groups is 1. The van der Waals surface area contributed by atoms with Crippen molar-refractivity contribution >= 4 is 15.6 Å². The van der Waals surface area contributed by atoms with Gasteiger partial charge in [0.1, 0.15) is 0 Å². The Morgan fingerprint density at radius 2 is 1.76 bits per heavy atom. The van der Waals surface area contributed by atoms with E-state index in [2.05, 4.69) is 0 Å². The average molecular weight is 252 g/mol. The quantitative estimate of drug-likeness (QED) is 0.773. The molecule has 92 valence electrons. The number of Topliss-reactive ketones (excluding diaryl/α,β-unsaturated/α-hetero) is 1. The fourth-order valence-corrected chi connectivity index (χ4v) is 2.92. The molecule has 17 heavy (non-hydrogen) atoms. The molecule has 0 N–H and O–H groups in total. The van der Waals surface area contributed by atoms with Crippen LogP contribution in [0.2, 0.25) is 0 Å². The number of aryl methyl sites for hydroxylation is 1. The molecule has 0 spiro atoms. The molecule has 0 aliphatic carbocycles. The molecule has 0 heterocycles. The van der Waals surface area contributed by atoms with Crippen molar-refractivity contribution in [2.75, 3.05) is 5.75 Å². The first kappa shape index (κ1) is 13.6. The van der Waals surface area contributed by atoms with E-state index in [0.29, 0.717) is 5.57 Å². The standard InChI is InChI=1S/C13H16O3S/c1-4-12(11(3)14)9-17(15,16)13-7-5-10(2)6-8-13/h4-8H,9H2,1-3H3/b12-4+. The number of carbonyl (C=O) groups excluding carboxylic acids is 1. The number of sulfone groups is 1. The van der Waals surface area contributed by atoms with Crippen LogP contribution in [0.5, 0.6) is 0 Å². The van der Waals surface area contributed by atoms with Crippen molar-refractivity contribution in [1.82, 2.24) is 0 Å². The Balaban J connectivity index is 3.05. The maximum Gasteiger partial charge on any atom is 0.182 e. The van der Waals surface area contributed by atoms with E-state index >= 15 is 0 Å². The summed E-state index contributed by atoms with van der Waals surface area (Å²) in [7, 11) is -3.42. The minimum absolute atomic E-state index is 0.205. The van der Waals surface area contributed by atoms with E-state index in [4.69, 9.17) is 0 Å². The molecule has 0 bridgehead atoms. The van der Waals surface area contributed by atoms with Crippen LogP contribution in [-0.4, -0.2) is 20.0 Å². The number of ketones is 1. The van der Waals surface area contributed by atoms with Gasteiger partial charge in [-0.25, -0.2) is 8.42 Å². The lowest BCUT2D eigenvalue weighted by atomic mass is 10.2. The summed E-state index contributed by atoms with van der Waals surface area (Å²) in [5, 5.41) is 0. The molecule has 0 aliphatic heterocycles. The zero-order chi connectivity index (χ0) is 13.1. The van der Waals surface area contributed by atoms with Crippen molar-refractivity contribution in [1.29, 1.82) is 0 Å². The summed E-state index contributed by atoms with van der Waals surface area (Å²) in [5.74, 6) is -0.440. The van der Waals surface area contributed by atoms with E-state index in [9.17, 15) is 13.2 Å². The molecule has 0 fully saturated rings. The van der Waals surface area contributed by atoms with Crippen molar-refractivity contribution in [3.05, 3.63) is 41.5 Å². The summed E-state index contributed by atoms with van der Waals surface area (Å²) in [6.45, 7) is 4.94. The molecule has 0 atom stereocenters. The molecular formula is C13H16O3S. The molecular weight excluding hydrogens is 236 g/mol. The smallest absolute Gasteiger partial charge is 0.182 e. The van der Waals surface area contributed by atoms with Gasteiger partial charge in [0.2, 0.25) is 0 Å². The van der Waals surface area contributed by atoms with Crippen LogP contribution in [0.4, 0.5) is 0 Å². The first-order chi connectivity index (χ1) is 7.86. The molecule has 0 saturated carbocycles. The van der Waals surface area contributed by atoms with Gasteiger partial charge in [0.15, 0.2) is 15.6 Å². The molecule has 3 nitrogen and oxygen atoms in total. The zero-order valence-electron chi connectivity index (χ0n) is 10.2. The van der Waals surface area contributed by atoms with Gasteiger partial charge in [0.05, 0.1) is 10.6 Å². The number of hydrogen-bond donors (Lipinski definition) is 0. The van der Waals surface area contributed by atoms with Crippen LogP contribution in [0, 0.1) is 6.92 Å². The maximum atomic E-state index is 12.0. The lowest BCUT2D eigenvalue weighted by molar-refractivity contribution is -0.113. The maximum absolute atomic E-state index is 12.0. The molecule has 0 unspecified atom stereocenters. The highest BCUT2D eigenvalue weighted by Gasteiger charge is 2.18. The summed E-state index contributed by atoms with van der Waals surface area (Å²) in [6.07, 6.45) is 1.55. The van der Waals surface area contributed by atoms with Gasteiger partial charge < -0.3 is 0 Å². The summed E-state index contributed by atoms with van der Waals surface area (Å²) in [6, 6.07) is 6.63. The normalized spacial score (nSPS) is 12.5. The number of benzene rings is 1. The third-order valence-electron chi connectivity index (χ3n) is 2.53. The van der Waals surface area contributed by atoms with E-state index in [1.54, 1.807) is 37.3 Å². The Kier molecular flexibility index (Phi) is 4.23. The van der Waals surface area contributed by atoms with Gasteiger partial charge in [-0.3, -0.25) is 4.79 Å². The summed E-state index contributed by atoms with van der Waals surface area (Å²) in [5.41, 5.74) is 1.33. The fraction of sp³-hybridized carbons (Fsp3) is 0.308. The van der Waals surface area contributed by atoms with Gasteiger partial charge in [-0.1, -0.05) is 23.8 Å². The zero-order valence-corrected chi connectivity index (χ0v) is 11.0. The molecule has 4 heteroatoms. The molecule has 0 aromatic heterocycles. The molecule has 0 aliphatic rings. The highest BCUT2D eigenvalue weighted by molar-refractivity contribution is 7.91. The summed E-state index contributed by atoms with van der Waals surface area (Å²) < 4.78 is 24.0. The van der Waals surface area contributed by atoms with Crippen molar-refractivity contribution in [3.63, 3.8) is 0 Å². The van der Waals surface area contributed by atoms with E-state index in [1.165, 1.54) is 6.92 Å². The van der Waals surface area contributed by atoms with E-state index < -0.39 is 9.84 Å². The van der Waals surface area contributed by atoms with Crippen LogP contribution in [0.3, 0.4) is 0 Å². The predicted molar refractivity (Wildman–Crippen MR) is 67.7 cm³/mol. The van der Waals surface area contributed by atoms with Crippen molar-refractivity contribution < 1.29 is 13.2 Å². The van der Waals surface area contributed by atoms with Gasteiger partial charge in [-0.05, 0) is 32.9 Å². The lowest BCUT2D eigenvalue weighted by Gasteiger charge is -2.06. The first-order valence-corrected chi connectivity index (χ1v) is 6.97. The Hall–Kier alpha value is -1.42. The van der Waals surface area contributed by atoms with Crippen LogP contribution in [0.1, 0.15) is 19.4 Å². The third-order valence-corrected chi connectivity index (χ3v) is 4.21. The Bertz CT molecular complexity index is 537. The first-order valence-electron chi connectivity index (χ1n) is 5.32. The Morgan fingerprint density at radius 1 is 1.24 bits per heavy atom. The van der Waals surface area contributed by atoms with Crippen LogP contribution in [0.15, 0.2) is 40.8 Å². The van der Waals surface area contributed by atoms with Crippen molar-refractivity contribution in [3.8, 4) is 0 Å². The van der Waals surface area contributed by atoms with Crippen molar-refractivity contribution in [2.24, 2.45) is 0 Å². The number of hydrogen-bond acceptors (Lipinski definition) is 3. The molecule has 1 aromatic carbocycles. The second kappa shape index (κ2) is 5.27. The highest BCUT2D eigenvalue weighted by atomic mass is 32.2. The van der Waals surface area contributed by atoms with Crippen LogP contribution < -0.4 is 0 Å². The van der Waals surface area contributed by atoms with E-state index in [1.807, 2.05) is 6.92 Å². The number of rotatable bonds is 4. The topological polar surface area (TPSA) is 51.2 Å². The van der Waals surface area contributed by atoms with Crippen LogP contribution >= 0.6 is 0 Å². The molecule has 1 aromatic rings. The Morgan fingerprint density at radius 3 is 2.18 bits per heavy atom. The summed E-state index contributed by atoms with van der Waals surface area (Å²) in [4.78, 5) is 11.5. The predicted octanol–water partition coefficient (Wildman–Crippen LogP) is 2.30. The molecule has 1 rings (SSSR count). The van der Waals surface area contributed by atoms with Crippen molar-refractivity contribution in [2.45, 2.75) is 25.7 Å². The van der Waals surface area contributed by atoms with Gasteiger partial charge >= 0.3 is 0 Å². The van der Waals surface area contributed by atoms with Gasteiger partial charge in [0.25, 0.3) is 0 Å². The van der Waals surface area contributed by atoms with Gasteiger partial charge in [-0.2, -0.15) is 0 Å². The monoisotopic (exact) mass is 252 g/mol. The Labute approximate surface area is 102 Å². The van der Waals surface area contributed by atoms with E-state index in [0.717, 1.165) is 5.56 Å². The SMILES string of the molecule is C/C=C(\CS(=O)(=O)c1ccc(C)cc1)C(C)=O.